The van der Waals surface area contributed by atoms with E-state index in [2.05, 4.69) is 34.2 Å². The number of halogens is 1. The van der Waals surface area contributed by atoms with Crippen LogP contribution >= 0.6 is 11.6 Å². The normalized spacial score (nSPS) is 10.3. The van der Waals surface area contributed by atoms with E-state index in [1.807, 2.05) is 18.0 Å². The van der Waals surface area contributed by atoms with E-state index in [-0.39, 0.29) is 0 Å². The lowest BCUT2D eigenvalue weighted by molar-refractivity contribution is 0.835. The van der Waals surface area contributed by atoms with Gasteiger partial charge < -0.3 is 4.90 Å². The molecule has 1 aromatic heterocycles. The Morgan fingerprint density at radius 3 is 2.33 bits per heavy atom. The second-order valence-corrected chi connectivity index (χ2v) is 4.45. The van der Waals surface area contributed by atoms with E-state index in [0.29, 0.717) is 5.88 Å². The van der Waals surface area contributed by atoms with Crippen LogP contribution < -0.4 is 4.90 Å². The zero-order chi connectivity index (χ0) is 12.8. The average Bonchev–Trinajstić information content (AvgIpc) is 2.46. The summed E-state index contributed by atoms with van der Waals surface area (Å²) in [5, 5.41) is 0. The summed E-state index contributed by atoms with van der Waals surface area (Å²) in [6, 6.07) is 10.4. The van der Waals surface area contributed by atoms with Crippen molar-refractivity contribution in [1.29, 1.82) is 0 Å². The van der Waals surface area contributed by atoms with Gasteiger partial charge in [0.05, 0.1) is 5.88 Å². The van der Waals surface area contributed by atoms with Crippen molar-refractivity contribution < 1.29 is 0 Å². The molecule has 0 radical (unpaired) electrons. The molecule has 0 saturated carbocycles. The Morgan fingerprint density at radius 1 is 1.06 bits per heavy atom. The van der Waals surface area contributed by atoms with Crippen molar-refractivity contribution in [1.82, 2.24) is 9.97 Å². The Labute approximate surface area is 112 Å². The topological polar surface area (TPSA) is 29.0 Å². The first-order valence-corrected chi connectivity index (χ1v) is 6.45. The molecule has 0 aliphatic heterocycles. The molecule has 4 heteroatoms. The third-order valence-electron chi connectivity index (χ3n) is 2.77. The molecule has 0 amide bonds. The van der Waals surface area contributed by atoms with Crippen LogP contribution in [-0.2, 0) is 12.3 Å². The maximum atomic E-state index is 5.71. The molecule has 0 saturated heterocycles. The summed E-state index contributed by atoms with van der Waals surface area (Å²) >= 11 is 5.71. The largest absolute Gasteiger partial charge is 0.344 e. The van der Waals surface area contributed by atoms with Crippen LogP contribution in [0.1, 0.15) is 11.1 Å². The first kappa shape index (κ1) is 12.8. The van der Waals surface area contributed by atoms with Gasteiger partial charge in [-0.25, -0.2) is 9.97 Å². The molecule has 0 spiro atoms. The summed E-state index contributed by atoms with van der Waals surface area (Å²) < 4.78 is 0. The van der Waals surface area contributed by atoms with Crippen molar-refractivity contribution in [3.63, 3.8) is 0 Å². The van der Waals surface area contributed by atoms with E-state index in [4.69, 9.17) is 11.6 Å². The first-order chi connectivity index (χ1) is 8.79. The molecule has 0 aliphatic carbocycles. The molecule has 3 nitrogen and oxygen atoms in total. The fraction of sp³-hybridized carbons (Fsp3) is 0.286. The lowest BCUT2D eigenvalue weighted by Crippen LogP contribution is -2.22. The molecular formula is C14H16ClN3. The van der Waals surface area contributed by atoms with E-state index < -0.39 is 0 Å². The van der Waals surface area contributed by atoms with Gasteiger partial charge in [-0.2, -0.15) is 0 Å². The molecule has 0 atom stereocenters. The van der Waals surface area contributed by atoms with Crippen molar-refractivity contribution in [2.45, 2.75) is 12.3 Å². The van der Waals surface area contributed by atoms with Crippen LogP contribution in [0.25, 0.3) is 0 Å². The predicted octanol–water partition coefficient (Wildman–Crippen LogP) is 2.89. The van der Waals surface area contributed by atoms with Gasteiger partial charge in [0, 0.05) is 31.5 Å². The number of benzene rings is 1. The Balaban J connectivity index is 1.93. The second kappa shape index (κ2) is 6.36. The van der Waals surface area contributed by atoms with Crippen LogP contribution in [0.2, 0.25) is 0 Å². The molecule has 0 bridgehead atoms. The zero-order valence-corrected chi connectivity index (χ0v) is 11.1. The smallest absolute Gasteiger partial charge is 0.225 e. The maximum absolute atomic E-state index is 5.71. The summed E-state index contributed by atoms with van der Waals surface area (Å²) in [6.45, 7) is 0.893. The number of nitrogens with zero attached hydrogens (tertiary/aromatic N) is 3. The van der Waals surface area contributed by atoms with Gasteiger partial charge in [0.2, 0.25) is 5.95 Å². The van der Waals surface area contributed by atoms with E-state index >= 15 is 0 Å². The molecule has 2 rings (SSSR count). The molecule has 2 aromatic rings. The molecule has 0 unspecified atom stereocenters. The molecule has 0 aliphatic rings. The van der Waals surface area contributed by atoms with Crippen LogP contribution in [0.4, 0.5) is 5.95 Å². The summed E-state index contributed by atoms with van der Waals surface area (Å²) in [6.07, 6.45) is 4.53. The highest BCUT2D eigenvalue weighted by Crippen LogP contribution is 2.08. The quantitative estimate of drug-likeness (QED) is 0.775. The van der Waals surface area contributed by atoms with Crippen LogP contribution in [0.15, 0.2) is 42.7 Å². The zero-order valence-electron chi connectivity index (χ0n) is 10.4. The van der Waals surface area contributed by atoms with Gasteiger partial charge in [0.1, 0.15) is 0 Å². The minimum atomic E-state index is 0.452. The molecular weight excluding hydrogens is 246 g/mol. The summed E-state index contributed by atoms with van der Waals surface area (Å²) in [4.78, 5) is 10.6. The number of anilines is 1. The lowest BCUT2D eigenvalue weighted by atomic mass is 10.1. The van der Waals surface area contributed by atoms with Crippen molar-refractivity contribution >= 4 is 17.5 Å². The Kier molecular flexibility index (Phi) is 4.53. The summed E-state index contributed by atoms with van der Waals surface area (Å²) in [7, 11) is 2.00. The molecule has 0 N–H and O–H groups in total. The van der Waals surface area contributed by atoms with E-state index in [1.165, 1.54) is 5.56 Å². The number of hydrogen-bond acceptors (Lipinski definition) is 3. The molecule has 1 heterocycles. The highest BCUT2D eigenvalue weighted by molar-refractivity contribution is 6.17. The van der Waals surface area contributed by atoms with Crippen LogP contribution in [0, 0.1) is 0 Å². The van der Waals surface area contributed by atoms with Gasteiger partial charge in [-0.05, 0) is 12.0 Å². The van der Waals surface area contributed by atoms with E-state index in [9.17, 15) is 0 Å². The molecule has 0 fully saturated rings. The number of likely N-dealkylation sites (N-methyl/N-ethyl adjacent to an activating group) is 1. The van der Waals surface area contributed by atoms with Gasteiger partial charge in [-0.15, -0.1) is 11.6 Å². The Morgan fingerprint density at radius 2 is 1.72 bits per heavy atom. The monoisotopic (exact) mass is 261 g/mol. The average molecular weight is 262 g/mol. The molecule has 94 valence electrons. The highest BCUT2D eigenvalue weighted by atomic mass is 35.5. The lowest BCUT2D eigenvalue weighted by Gasteiger charge is -2.16. The second-order valence-electron chi connectivity index (χ2n) is 4.18. The number of hydrogen-bond donors (Lipinski definition) is 0. The van der Waals surface area contributed by atoms with Crippen molar-refractivity contribution in [2.24, 2.45) is 0 Å². The van der Waals surface area contributed by atoms with Gasteiger partial charge in [0.15, 0.2) is 0 Å². The van der Waals surface area contributed by atoms with E-state index in [0.717, 1.165) is 24.5 Å². The number of rotatable bonds is 5. The fourth-order valence-corrected chi connectivity index (χ4v) is 1.79. The fourth-order valence-electron chi connectivity index (χ4n) is 1.66. The van der Waals surface area contributed by atoms with Gasteiger partial charge in [0.25, 0.3) is 0 Å². The Hall–Kier alpha value is -1.61. The number of aromatic nitrogens is 2. The van der Waals surface area contributed by atoms with Crippen molar-refractivity contribution in [2.75, 3.05) is 18.5 Å². The predicted molar refractivity (Wildman–Crippen MR) is 75.0 cm³/mol. The molecule has 1 aromatic carbocycles. The standard InChI is InChI=1S/C14H16ClN3/c1-18(8-7-12-5-3-2-4-6-12)14-16-10-13(9-15)11-17-14/h2-6,10-11H,7-9H2,1H3. The van der Waals surface area contributed by atoms with Crippen molar-refractivity contribution in [3.05, 3.63) is 53.9 Å². The van der Waals surface area contributed by atoms with Crippen LogP contribution in [-0.4, -0.2) is 23.6 Å². The molecule has 18 heavy (non-hydrogen) atoms. The van der Waals surface area contributed by atoms with Gasteiger partial charge in [-0.1, -0.05) is 30.3 Å². The minimum Gasteiger partial charge on any atom is -0.344 e. The summed E-state index contributed by atoms with van der Waals surface area (Å²) in [5.74, 6) is 1.19. The third kappa shape index (κ3) is 3.44. The third-order valence-corrected chi connectivity index (χ3v) is 3.07. The van der Waals surface area contributed by atoms with Crippen LogP contribution in [0.3, 0.4) is 0 Å². The SMILES string of the molecule is CN(CCc1ccccc1)c1ncc(CCl)cn1. The van der Waals surface area contributed by atoms with Crippen LogP contribution in [0.5, 0.6) is 0 Å². The first-order valence-electron chi connectivity index (χ1n) is 5.91. The Bertz CT molecular complexity index is 470. The minimum absolute atomic E-state index is 0.452. The number of alkyl halides is 1. The van der Waals surface area contributed by atoms with Crippen molar-refractivity contribution in [3.8, 4) is 0 Å². The summed E-state index contributed by atoms with van der Waals surface area (Å²) in [5.41, 5.74) is 2.26. The van der Waals surface area contributed by atoms with E-state index in [1.54, 1.807) is 12.4 Å². The van der Waals surface area contributed by atoms with Gasteiger partial charge >= 0.3 is 0 Å². The highest BCUT2D eigenvalue weighted by Gasteiger charge is 2.04. The maximum Gasteiger partial charge on any atom is 0.225 e. The van der Waals surface area contributed by atoms with Gasteiger partial charge in [-0.3, -0.25) is 0 Å².